The van der Waals surface area contributed by atoms with Gasteiger partial charge in [-0.3, -0.25) is 4.79 Å². The number of carbonyl (C=O) groups excluding carboxylic acids is 1. The van der Waals surface area contributed by atoms with Crippen LogP contribution in [0.1, 0.15) is 18.5 Å². The Labute approximate surface area is 113 Å². The Morgan fingerprint density at radius 1 is 1.44 bits per heavy atom. The van der Waals surface area contributed by atoms with Crippen molar-refractivity contribution in [2.24, 2.45) is 0 Å². The van der Waals surface area contributed by atoms with Crippen LogP contribution in [0.2, 0.25) is 0 Å². The van der Waals surface area contributed by atoms with E-state index in [-0.39, 0.29) is 11.9 Å². The molecule has 2 unspecified atom stereocenters. The van der Waals surface area contributed by atoms with Crippen molar-refractivity contribution in [1.29, 1.82) is 0 Å². The molecule has 1 fully saturated rings. The van der Waals surface area contributed by atoms with Crippen LogP contribution >= 0.6 is 11.8 Å². The lowest BCUT2D eigenvalue weighted by molar-refractivity contribution is -0.132. The number of likely N-dealkylation sites (N-methyl/N-ethyl adjacent to an activating group) is 1. The SMILES string of the molecule is CNCC(=O)N1CCSC(C)C1c1ccccc1. The molecule has 2 atom stereocenters. The van der Waals surface area contributed by atoms with E-state index in [4.69, 9.17) is 0 Å². The number of rotatable bonds is 3. The molecule has 1 aliphatic heterocycles. The zero-order valence-electron chi connectivity index (χ0n) is 10.9. The lowest BCUT2D eigenvalue weighted by atomic mass is 10.0. The first-order valence-electron chi connectivity index (χ1n) is 6.34. The summed E-state index contributed by atoms with van der Waals surface area (Å²) in [6.45, 7) is 3.47. The van der Waals surface area contributed by atoms with Gasteiger partial charge in [0.2, 0.25) is 5.91 Å². The molecule has 98 valence electrons. The molecule has 1 N–H and O–H groups in total. The highest BCUT2D eigenvalue weighted by molar-refractivity contribution is 8.00. The molecule has 2 rings (SSSR count). The van der Waals surface area contributed by atoms with Gasteiger partial charge in [0, 0.05) is 17.5 Å². The highest BCUT2D eigenvalue weighted by Crippen LogP contribution is 2.35. The third-order valence-electron chi connectivity index (χ3n) is 3.28. The van der Waals surface area contributed by atoms with Gasteiger partial charge in [-0.1, -0.05) is 37.3 Å². The summed E-state index contributed by atoms with van der Waals surface area (Å²) in [7, 11) is 1.82. The van der Waals surface area contributed by atoms with Crippen molar-refractivity contribution < 1.29 is 4.79 Å². The fourth-order valence-electron chi connectivity index (χ4n) is 2.45. The minimum atomic E-state index is 0.193. The van der Waals surface area contributed by atoms with Gasteiger partial charge in [-0.15, -0.1) is 0 Å². The minimum Gasteiger partial charge on any atom is -0.333 e. The molecule has 1 heterocycles. The van der Waals surface area contributed by atoms with Gasteiger partial charge < -0.3 is 10.2 Å². The van der Waals surface area contributed by atoms with Gasteiger partial charge in [0.1, 0.15) is 0 Å². The first kappa shape index (κ1) is 13.4. The summed E-state index contributed by atoms with van der Waals surface area (Å²) in [5, 5.41) is 3.40. The summed E-state index contributed by atoms with van der Waals surface area (Å²) in [6, 6.07) is 10.5. The molecule has 0 spiro atoms. The van der Waals surface area contributed by atoms with E-state index < -0.39 is 0 Å². The molecule has 1 saturated heterocycles. The van der Waals surface area contributed by atoms with E-state index in [9.17, 15) is 4.79 Å². The monoisotopic (exact) mass is 264 g/mol. The third kappa shape index (κ3) is 2.87. The Balaban J connectivity index is 2.23. The number of hydrogen-bond donors (Lipinski definition) is 1. The zero-order chi connectivity index (χ0) is 13.0. The van der Waals surface area contributed by atoms with Gasteiger partial charge in [0.25, 0.3) is 0 Å². The van der Waals surface area contributed by atoms with Crippen LogP contribution in [0.15, 0.2) is 30.3 Å². The Kier molecular flexibility index (Phi) is 4.66. The molecule has 1 aromatic carbocycles. The summed E-state index contributed by atoms with van der Waals surface area (Å²) >= 11 is 1.95. The maximum atomic E-state index is 12.2. The molecular formula is C14H20N2OS. The number of carbonyl (C=O) groups is 1. The van der Waals surface area contributed by atoms with Crippen molar-refractivity contribution in [2.75, 3.05) is 25.9 Å². The fourth-order valence-corrected chi connectivity index (χ4v) is 3.61. The second-order valence-electron chi connectivity index (χ2n) is 4.55. The summed E-state index contributed by atoms with van der Waals surface area (Å²) in [5.74, 6) is 1.22. The van der Waals surface area contributed by atoms with Crippen LogP contribution < -0.4 is 5.32 Å². The van der Waals surface area contributed by atoms with Crippen LogP contribution in [0.3, 0.4) is 0 Å². The van der Waals surface area contributed by atoms with Crippen LogP contribution in [0.4, 0.5) is 0 Å². The predicted molar refractivity (Wildman–Crippen MR) is 76.7 cm³/mol. The zero-order valence-corrected chi connectivity index (χ0v) is 11.7. The minimum absolute atomic E-state index is 0.193. The number of thioether (sulfide) groups is 1. The Hall–Kier alpha value is -1.00. The van der Waals surface area contributed by atoms with E-state index in [1.165, 1.54) is 5.56 Å². The lowest BCUT2D eigenvalue weighted by Gasteiger charge is -2.40. The maximum absolute atomic E-state index is 12.2. The van der Waals surface area contributed by atoms with E-state index in [2.05, 4.69) is 24.4 Å². The highest BCUT2D eigenvalue weighted by atomic mass is 32.2. The fraction of sp³-hybridized carbons (Fsp3) is 0.500. The molecule has 0 aromatic heterocycles. The molecule has 1 aliphatic rings. The maximum Gasteiger partial charge on any atom is 0.237 e. The summed E-state index contributed by atoms with van der Waals surface area (Å²) in [6.07, 6.45) is 0. The van der Waals surface area contributed by atoms with Gasteiger partial charge in [0.15, 0.2) is 0 Å². The molecule has 0 aliphatic carbocycles. The average Bonchev–Trinajstić information content (AvgIpc) is 2.39. The Morgan fingerprint density at radius 2 is 2.17 bits per heavy atom. The number of amides is 1. The van der Waals surface area contributed by atoms with Gasteiger partial charge in [-0.05, 0) is 12.6 Å². The molecule has 0 saturated carbocycles. The van der Waals surface area contributed by atoms with Crippen molar-refractivity contribution in [2.45, 2.75) is 18.2 Å². The average molecular weight is 264 g/mol. The first-order valence-corrected chi connectivity index (χ1v) is 7.39. The molecule has 0 radical (unpaired) electrons. The number of hydrogen-bond acceptors (Lipinski definition) is 3. The van der Waals surface area contributed by atoms with Crippen LogP contribution in [-0.2, 0) is 4.79 Å². The molecule has 4 heteroatoms. The predicted octanol–water partition coefficient (Wildman–Crippen LogP) is 1.91. The quantitative estimate of drug-likeness (QED) is 0.905. The van der Waals surface area contributed by atoms with Crippen molar-refractivity contribution in [3.05, 3.63) is 35.9 Å². The van der Waals surface area contributed by atoms with Crippen LogP contribution in [0.25, 0.3) is 0 Å². The summed E-state index contributed by atoms with van der Waals surface area (Å²) in [5.41, 5.74) is 1.24. The number of benzene rings is 1. The highest BCUT2D eigenvalue weighted by Gasteiger charge is 2.32. The molecule has 18 heavy (non-hydrogen) atoms. The second kappa shape index (κ2) is 6.25. The van der Waals surface area contributed by atoms with Gasteiger partial charge in [-0.25, -0.2) is 0 Å². The van der Waals surface area contributed by atoms with Crippen LogP contribution in [-0.4, -0.2) is 41.9 Å². The van der Waals surface area contributed by atoms with E-state index in [1.54, 1.807) is 0 Å². The molecule has 3 nitrogen and oxygen atoms in total. The van der Waals surface area contributed by atoms with Crippen molar-refractivity contribution >= 4 is 17.7 Å². The normalized spacial score (nSPS) is 24.0. The molecular weight excluding hydrogens is 244 g/mol. The van der Waals surface area contributed by atoms with Crippen molar-refractivity contribution in [3.8, 4) is 0 Å². The number of nitrogens with zero attached hydrogens (tertiary/aromatic N) is 1. The van der Waals surface area contributed by atoms with Crippen LogP contribution in [0.5, 0.6) is 0 Å². The van der Waals surface area contributed by atoms with E-state index >= 15 is 0 Å². The van der Waals surface area contributed by atoms with Crippen molar-refractivity contribution in [3.63, 3.8) is 0 Å². The summed E-state index contributed by atoms with van der Waals surface area (Å²) < 4.78 is 0. The van der Waals surface area contributed by atoms with Gasteiger partial charge >= 0.3 is 0 Å². The number of nitrogens with one attached hydrogen (secondary N) is 1. The van der Waals surface area contributed by atoms with E-state index in [0.717, 1.165) is 12.3 Å². The Bertz CT molecular complexity index is 396. The second-order valence-corrected chi connectivity index (χ2v) is 6.03. The van der Waals surface area contributed by atoms with Gasteiger partial charge in [0.05, 0.1) is 12.6 Å². The van der Waals surface area contributed by atoms with E-state index in [0.29, 0.717) is 11.8 Å². The first-order chi connectivity index (χ1) is 8.74. The molecule has 0 bridgehead atoms. The van der Waals surface area contributed by atoms with E-state index in [1.807, 2.05) is 41.9 Å². The molecule has 1 amide bonds. The topological polar surface area (TPSA) is 32.3 Å². The lowest BCUT2D eigenvalue weighted by Crippen LogP contribution is -2.46. The smallest absolute Gasteiger partial charge is 0.237 e. The summed E-state index contributed by atoms with van der Waals surface area (Å²) in [4.78, 5) is 14.2. The largest absolute Gasteiger partial charge is 0.333 e. The van der Waals surface area contributed by atoms with Gasteiger partial charge in [-0.2, -0.15) is 11.8 Å². The third-order valence-corrected chi connectivity index (χ3v) is 4.48. The van der Waals surface area contributed by atoms with Crippen LogP contribution in [0, 0.1) is 0 Å². The Morgan fingerprint density at radius 3 is 2.83 bits per heavy atom. The van der Waals surface area contributed by atoms with Crippen molar-refractivity contribution in [1.82, 2.24) is 10.2 Å². The standard InChI is InChI=1S/C14H20N2OS/c1-11-14(12-6-4-3-5-7-12)16(8-9-18-11)13(17)10-15-2/h3-7,11,14-15H,8-10H2,1-2H3. The molecule has 1 aromatic rings.